The number of aliphatic imine (C=N–C) groups is 1. The van der Waals surface area contributed by atoms with Crippen molar-refractivity contribution in [1.82, 2.24) is 14.9 Å². The van der Waals surface area contributed by atoms with Crippen molar-refractivity contribution in [3.63, 3.8) is 0 Å². The van der Waals surface area contributed by atoms with Crippen molar-refractivity contribution in [2.45, 2.75) is 68.7 Å². The normalized spacial score (nSPS) is 21.2. The van der Waals surface area contributed by atoms with Crippen LogP contribution in [0.5, 0.6) is 0 Å². The largest absolute Gasteiger partial charge is 0.416 e. The molecule has 41 heavy (non-hydrogen) atoms. The zero-order valence-electron chi connectivity index (χ0n) is 23.0. The van der Waals surface area contributed by atoms with Gasteiger partial charge in [0, 0.05) is 19.6 Å². The van der Waals surface area contributed by atoms with Gasteiger partial charge in [-0.25, -0.2) is 12.8 Å². The Kier molecular flexibility index (Phi) is 8.93. The van der Waals surface area contributed by atoms with E-state index < -0.39 is 39.2 Å². The minimum Gasteiger partial charge on any atom is -0.355 e. The Labute approximate surface area is 237 Å². The van der Waals surface area contributed by atoms with Crippen molar-refractivity contribution < 1.29 is 30.8 Å². The Hall–Kier alpha value is -3.25. The van der Waals surface area contributed by atoms with Gasteiger partial charge in [0.25, 0.3) is 0 Å². The smallest absolute Gasteiger partial charge is 0.355 e. The first-order valence-electron chi connectivity index (χ1n) is 13.4. The summed E-state index contributed by atoms with van der Waals surface area (Å²) >= 11 is 0. The summed E-state index contributed by atoms with van der Waals surface area (Å²) in [6.45, 7) is 7.93. The Balaban J connectivity index is 1.48. The highest BCUT2D eigenvalue weighted by Gasteiger charge is 2.44. The second-order valence-electron chi connectivity index (χ2n) is 10.8. The summed E-state index contributed by atoms with van der Waals surface area (Å²) < 4.78 is 80.7. The zero-order chi connectivity index (χ0) is 30.0. The highest BCUT2D eigenvalue weighted by Crippen LogP contribution is 2.30. The molecule has 222 valence electrons. The fourth-order valence-electron chi connectivity index (χ4n) is 4.67. The third-order valence-electron chi connectivity index (χ3n) is 7.87. The van der Waals surface area contributed by atoms with Gasteiger partial charge in [-0.15, -0.1) is 0 Å². The Morgan fingerprint density at radius 2 is 1.78 bits per heavy atom. The minimum absolute atomic E-state index is 0.0841. The van der Waals surface area contributed by atoms with Crippen LogP contribution in [0.4, 0.5) is 17.6 Å². The molecular weight excluding hydrogens is 560 g/mol. The van der Waals surface area contributed by atoms with Crippen molar-refractivity contribution >= 4 is 21.8 Å². The van der Waals surface area contributed by atoms with E-state index in [9.17, 15) is 30.8 Å². The second-order valence-corrected chi connectivity index (χ2v) is 12.8. The summed E-state index contributed by atoms with van der Waals surface area (Å²) in [5.74, 6) is 0.109. The molecule has 1 aliphatic heterocycles. The van der Waals surface area contributed by atoms with Crippen molar-refractivity contribution in [2.24, 2.45) is 10.9 Å². The van der Waals surface area contributed by atoms with E-state index in [1.807, 2.05) is 6.92 Å². The predicted octanol–water partition coefficient (Wildman–Crippen LogP) is 5.05. The topological polar surface area (TPSA) is 90.9 Å². The number of alkyl halides is 3. The third-order valence-corrected chi connectivity index (χ3v) is 9.73. The third kappa shape index (κ3) is 6.98. The lowest BCUT2D eigenvalue weighted by Gasteiger charge is -2.31. The first kappa shape index (κ1) is 30.7. The van der Waals surface area contributed by atoms with Gasteiger partial charge in [-0.1, -0.05) is 25.1 Å². The van der Waals surface area contributed by atoms with Crippen LogP contribution in [0.1, 0.15) is 50.7 Å². The van der Waals surface area contributed by atoms with Crippen LogP contribution < -0.4 is 10.6 Å². The number of carbonyl (C=O) groups is 1. The summed E-state index contributed by atoms with van der Waals surface area (Å²) in [4.78, 5) is 17.4. The van der Waals surface area contributed by atoms with Crippen LogP contribution in [0.25, 0.3) is 0 Å². The molecule has 2 aliphatic rings. The molecule has 1 heterocycles. The molecule has 1 unspecified atom stereocenters. The first-order chi connectivity index (χ1) is 19.2. The number of nitrogens with one attached hydrogen (secondary N) is 2. The van der Waals surface area contributed by atoms with E-state index in [1.165, 1.54) is 18.6 Å². The van der Waals surface area contributed by atoms with E-state index in [1.54, 1.807) is 6.92 Å². The molecule has 7 nitrogen and oxygen atoms in total. The van der Waals surface area contributed by atoms with Gasteiger partial charge < -0.3 is 10.6 Å². The SMILES string of the molecule is C=C(CCN(Cc1ccc(C(F)(F)F)cc1)S(=O)(=O)c1ccc(F)cc1)C1=NC(C)[C@](C)(C(=O)NCC2CCC2)N1. The predicted molar refractivity (Wildman–Crippen MR) is 148 cm³/mol. The number of nitrogens with zero attached hydrogens (tertiary/aromatic N) is 2. The van der Waals surface area contributed by atoms with Crippen molar-refractivity contribution in [3.8, 4) is 0 Å². The molecule has 0 bridgehead atoms. The molecule has 2 atom stereocenters. The van der Waals surface area contributed by atoms with Gasteiger partial charge in [0.05, 0.1) is 16.5 Å². The molecule has 0 aromatic heterocycles. The van der Waals surface area contributed by atoms with Crippen LogP contribution in [0.3, 0.4) is 0 Å². The summed E-state index contributed by atoms with van der Waals surface area (Å²) in [7, 11) is -4.15. The molecule has 0 spiro atoms. The maximum atomic E-state index is 13.5. The molecule has 1 aliphatic carbocycles. The van der Waals surface area contributed by atoms with E-state index in [4.69, 9.17) is 0 Å². The molecule has 2 aromatic carbocycles. The quantitative estimate of drug-likeness (QED) is 0.357. The molecule has 0 radical (unpaired) electrons. The van der Waals surface area contributed by atoms with Crippen LogP contribution in [0, 0.1) is 11.7 Å². The number of sulfonamides is 1. The van der Waals surface area contributed by atoms with Crippen molar-refractivity contribution in [3.05, 3.63) is 77.6 Å². The molecule has 12 heteroatoms. The van der Waals surface area contributed by atoms with Gasteiger partial charge in [-0.05, 0) is 86.6 Å². The molecule has 2 N–H and O–H groups in total. The number of benzene rings is 2. The molecular formula is C29H34F4N4O3S. The molecule has 1 amide bonds. The maximum Gasteiger partial charge on any atom is 0.416 e. The molecule has 1 fully saturated rings. The number of amidine groups is 1. The van der Waals surface area contributed by atoms with Crippen LogP contribution in [0.15, 0.2) is 70.6 Å². The molecule has 0 saturated heterocycles. The van der Waals surface area contributed by atoms with E-state index in [0.717, 1.165) is 53.5 Å². The zero-order valence-corrected chi connectivity index (χ0v) is 23.8. The minimum atomic E-state index is -4.52. The second kappa shape index (κ2) is 11.9. The first-order valence-corrected chi connectivity index (χ1v) is 14.9. The average Bonchev–Trinajstić information content (AvgIpc) is 3.20. The summed E-state index contributed by atoms with van der Waals surface area (Å²) in [6, 6.07) is 8.16. The number of hydrogen-bond acceptors (Lipinski definition) is 5. The highest BCUT2D eigenvalue weighted by molar-refractivity contribution is 7.89. The number of hydrogen-bond donors (Lipinski definition) is 2. The number of amides is 1. The van der Waals surface area contributed by atoms with Gasteiger partial charge in [-0.3, -0.25) is 9.79 Å². The Bertz CT molecular complexity index is 1410. The number of rotatable bonds is 11. The van der Waals surface area contributed by atoms with E-state index >= 15 is 0 Å². The number of carbonyl (C=O) groups excluding carboxylic acids is 1. The molecule has 4 rings (SSSR count). The van der Waals surface area contributed by atoms with E-state index in [0.29, 0.717) is 29.4 Å². The molecule has 2 aromatic rings. The van der Waals surface area contributed by atoms with Crippen LogP contribution in [0.2, 0.25) is 0 Å². The Morgan fingerprint density at radius 1 is 1.15 bits per heavy atom. The van der Waals surface area contributed by atoms with Crippen LogP contribution >= 0.6 is 0 Å². The summed E-state index contributed by atoms with van der Waals surface area (Å²) in [5, 5.41) is 6.17. The summed E-state index contributed by atoms with van der Waals surface area (Å²) in [6.07, 6.45) is -1.03. The average molecular weight is 595 g/mol. The standard InChI is InChI=1S/C29H34F4N4O3S/c1-19(26-35-20(2)28(3,36-26)27(38)34-17-21-5-4-6-21)15-16-37(41(39,40)25-13-11-24(30)12-14-25)18-22-7-9-23(10-8-22)29(31,32)33/h7-14,20-21H,1,4-6,15-18H2,2-3H3,(H,34,38)(H,35,36)/t20?,28-/m1/s1. The van der Waals surface area contributed by atoms with Crippen molar-refractivity contribution in [2.75, 3.05) is 13.1 Å². The fourth-order valence-corrected chi connectivity index (χ4v) is 6.10. The van der Waals surface area contributed by atoms with Gasteiger partial charge >= 0.3 is 6.18 Å². The van der Waals surface area contributed by atoms with Gasteiger partial charge in [0.2, 0.25) is 15.9 Å². The lowest BCUT2D eigenvalue weighted by atomic mass is 9.85. The fraction of sp³-hybridized carbons (Fsp3) is 0.448. The number of halogens is 4. The Morgan fingerprint density at radius 3 is 2.34 bits per heavy atom. The molecule has 1 saturated carbocycles. The van der Waals surface area contributed by atoms with Gasteiger partial charge in [-0.2, -0.15) is 17.5 Å². The monoisotopic (exact) mass is 594 g/mol. The lowest BCUT2D eigenvalue weighted by Crippen LogP contribution is -2.59. The highest BCUT2D eigenvalue weighted by atomic mass is 32.2. The van der Waals surface area contributed by atoms with Crippen LogP contribution in [-0.4, -0.2) is 49.1 Å². The lowest BCUT2D eigenvalue weighted by molar-refractivity contribution is -0.137. The van der Waals surface area contributed by atoms with Gasteiger partial charge in [0.1, 0.15) is 17.2 Å². The van der Waals surface area contributed by atoms with Gasteiger partial charge in [0.15, 0.2) is 0 Å². The summed E-state index contributed by atoms with van der Waals surface area (Å²) in [5.41, 5.74) is -1.03. The van der Waals surface area contributed by atoms with E-state index in [-0.39, 0.29) is 30.3 Å². The van der Waals surface area contributed by atoms with E-state index in [2.05, 4.69) is 22.2 Å². The van der Waals surface area contributed by atoms with Crippen molar-refractivity contribution in [1.29, 1.82) is 0 Å². The van der Waals surface area contributed by atoms with Crippen LogP contribution in [-0.2, 0) is 27.5 Å². The maximum absolute atomic E-state index is 13.5.